The van der Waals surface area contributed by atoms with Gasteiger partial charge in [-0.15, -0.1) is 0 Å². The number of hydrogen-bond acceptors (Lipinski definition) is 5. The largest absolute Gasteiger partial charge is 0.368 e. The third-order valence-corrected chi connectivity index (χ3v) is 7.44. The van der Waals surface area contributed by atoms with Crippen LogP contribution in [0.4, 0.5) is 16.2 Å². The fourth-order valence-electron chi connectivity index (χ4n) is 5.18. The fraction of sp³-hybridized carbons (Fsp3) is 0.423. The maximum Gasteiger partial charge on any atom is 0.332 e. The highest BCUT2D eigenvalue weighted by Gasteiger charge is 2.41. The van der Waals surface area contributed by atoms with E-state index in [1.54, 1.807) is 17.0 Å². The highest BCUT2D eigenvalue weighted by Crippen LogP contribution is 2.26. The van der Waals surface area contributed by atoms with Crippen LogP contribution in [0.25, 0.3) is 0 Å². The Bertz CT molecular complexity index is 1060. The van der Waals surface area contributed by atoms with Gasteiger partial charge in [-0.3, -0.25) is 14.5 Å². The van der Waals surface area contributed by atoms with E-state index in [0.717, 1.165) is 49.7 Å². The Kier molecular flexibility index (Phi) is 6.92. The van der Waals surface area contributed by atoms with Gasteiger partial charge < -0.3 is 14.7 Å². The van der Waals surface area contributed by atoms with Gasteiger partial charge in [-0.2, -0.15) is 0 Å². The van der Waals surface area contributed by atoms with Gasteiger partial charge in [0.1, 0.15) is 6.54 Å². The number of rotatable bonds is 5. The summed E-state index contributed by atoms with van der Waals surface area (Å²) in [7, 11) is 0. The van der Waals surface area contributed by atoms with Crippen molar-refractivity contribution in [1.82, 2.24) is 14.7 Å². The number of carbonyl (C=O) groups excluding carboxylic acids is 3. The van der Waals surface area contributed by atoms with E-state index >= 15 is 0 Å². The van der Waals surface area contributed by atoms with Crippen LogP contribution < -0.4 is 9.80 Å². The molecule has 0 aliphatic carbocycles. The summed E-state index contributed by atoms with van der Waals surface area (Å²) in [6.45, 7) is 5.02. The quantitative estimate of drug-likeness (QED) is 0.597. The SMILES string of the molecule is O=C(CN1CCC(N2CC(=O)N(c3ccccc3)C2=O)CC1)N1CCN(c2ccc(Cl)cc2)CC1. The lowest BCUT2D eigenvalue weighted by atomic mass is 10.0. The Labute approximate surface area is 210 Å². The predicted octanol–water partition coefficient (Wildman–Crippen LogP) is 2.92. The smallest absolute Gasteiger partial charge is 0.332 e. The van der Waals surface area contributed by atoms with Crippen molar-refractivity contribution in [2.45, 2.75) is 18.9 Å². The molecule has 0 aromatic heterocycles. The Morgan fingerprint density at radius 2 is 1.49 bits per heavy atom. The van der Waals surface area contributed by atoms with Gasteiger partial charge in [-0.25, -0.2) is 9.69 Å². The van der Waals surface area contributed by atoms with Crippen molar-refractivity contribution in [2.24, 2.45) is 0 Å². The van der Waals surface area contributed by atoms with Crippen LogP contribution >= 0.6 is 11.6 Å². The number of halogens is 1. The monoisotopic (exact) mass is 495 g/mol. The zero-order valence-corrected chi connectivity index (χ0v) is 20.4. The molecule has 0 N–H and O–H groups in total. The van der Waals surface area contributed by atoms with Gasteiger partial charge in [0.25, 0.3) is 5.91 Å². The van der Waals surface area contributed by atoms with Crippen LogP contribution in [0.5, 0.6) is 0 Å². The summed E-state index contributed by atoms with van der Waals surface area (Å²) in [5.74, 6) is -0.0292. The average Bonchev–Trinajstić information content (AvgIpc) is 3.19. The molecular weight excluding hydrogens is 466 g/mol. The molecule has 3 aliphatic rings. The van der Waals surface area contributed by atoms with Crippen LogP contribution in [0.2, 0.25) is 5.02 Å². The van der Waals surface area contributed by atoms with Crippen molar-refractivity contribution in [3.05, 3.63) is 59.6 Å². The van der Waals surface area contributed by atoms with Gasteiger partial charge in [-0.1, -0.05) is 29.8 Å². The fourth-order valence-corrected chi connectivity index (χ4v) is 5.31. The maximum atomic E-state index is 13.0. The highest BCUT2D eigenvalue weighted by molar-refractivity contribution is 6.30. The first-order chi connectivity index (χ1) is 17.0. The summed E-state index contributed by atoms with van der Waals surface area (Å²) in [5, 5.41) is 0.723. The van der Waals surface area contributed by atoms with Crippen LogP contribution in [0.3, 0.4) is 0 Å². The number of hydrogen-bond donors (Lipinski definition) is 0. The predicted molar refractivity (Wildman–Crippen MR) is 136 cm³/mol. The minimum atomic E-state index is -0.241. The van der Waals surface area contributed by atoms with E-state index in [9.17, 15) is 14.4 Å². The molecule has 184 valence electrons. The van der Waals surface area contributed by atoms with Crippen molar-refractivity contribution >= 4 is 40.8 Å². The van der Waals surface area contributed by atoms with Gasteiger partial charge in [-0.05, 0) is 49.2 Å². The Hall–Kier alpha value is -3.10. The molecule has 0 unspecified atom stereocenters. The molecule has 2 aromatic rings. The number of nitrogens with zero attached hydrogens (tertiary/aromatic N) is 5. The van der Waals surface area contributed by atoms with E-state index in [-0.39, 0.29) is 30.4 Å². The molecule has 3 aliphatic heterocycles. The van der Waals surface area contributed by atoms with Crippen molar-refractivity contribution < 1.29 is 14.4 Å². The first-order valence-electron chi connectivity index (χ1n) is 12.2. The zero-order valence-electron chi connectivity index (χ0n) is 19.7. The normalized spacial score (nSPS) is 20.1. The summed E-state index contributed by atoms with van der Waals surface area (Å²) < 4.78 is 0. The Balaban J connectivity index is 1.09. The first-order valence-corrected chi connectivity index (χ1v) is 12.6. The number of carbonyl (C=O) groups is 3. The lowest BCUT2D eigenvalue weighted by molar-refractivity contribution is -0.133. The van der Waals surface area contributed by atoms with Crippen molar-refractivity contribution in [2.75, 3.05) is 62.2 Å². The second-order valence-corrected chi connectivity index (χ2v) is 9.76. The van der Waals surface area contributed by atoms with Crippen LogP contribution in [0.15, 0.2) is 54.6 Å². The molecular formula is C26H30ClN5O3. The molecule has 4 amide bonds. The molecule has 2 aromatic carbocycles. The number of anilines is 2. The Morgan fingerprint density at radius 3 is 2.14 bits per heavy atom. The van der Waals surface area contributed by atoms with E-state index in [1.165, 1.54) is 4.90 Å². The molecule has 3 saturated heterocycles. The first kappa shape index (κ1) is 23.6. The molecule has 9 heteroatoms. The van der Waals surface area contributed by atoms with E-state index in [0.29, 0.717) is 25.3 Å². The molecule has 35 heavy (non-hydrogen) atoms. The number of amides is 4. The van der Waals surface area contributed by atoms with E-state index in [1.807, 2.05) is 47.4 Å². The minimum absolute atomic E-state index is 0.0226. The van der Waals surface area contributed by atoms with E-state index < -0.39 is 0 Å². The maximum absolute atomic E-state index is 13.0. The number of piperazine rings is 1. The molecule has 0 spiro atoms. The third-order valence-electron chi connectivity index (χ3n) is 7.19. The summed E-state index contributed by atoms with van der Waals surface area (Å²) in [5.41, 5.74) is 1.74. The van der Waals surface area contributed by atoms with Crippen LogP contribution in [0, 0.1) is 0 Å². The number of likely N-dealkylation sites (tertiary alicyclic amines) is 1. The molecule has 3 fully saturated rings. The standard InChI is InChI=1S/C26H30ClN5O3/c27-20-6-8-21(9-7-20)29-14-16-30(17-15-29)24(33)18-28-12-10-22(11-13-28)31-19-25(34)32(26(31)35)23-4-2-1-3-5-23/h1-9,22H,10-19H2. The van der Waals surface area contributed by atoms with Gasteiger partial charge >= 0.3 is 6.03 Å². The number of urea groups is 1. The molecule has 0 radical (unpaired) electrons. The van der Waals surface area contributed by atoms with Gasteiger partial charge in [0.15, 0.2) is 0 Å². The molecule has 0 saturated carbocycles. The summed E-state index contributed by atoms with van der Waals surface area (Å²) in [6, 6.07) is 16.7. The second-order valence-electron chi connectivity index (χ2n) is 9.33. The van der Waals surface area contributed by atoms with Crippen LogP contribution in [-0.4, -0.2) is 90.9 Å². The lowest BCUT2D eigenvalue weighted by Gasteiger charge is -2.39. The van der Waals surface area contributed by atoms with E-state index in [4.69, 9.17) is 11.6 Å². The summed E-state index contributed by atoms with van der Waals surface area (Å²) in [4.78, 5) is 47.8. The van der Waals surface area contributed by atoms with E-state index in [2.05, 4.69) is 9.80 Å². The Morgan fingerprint density at radius 1 is 0.829 bits per heavy atom. The topological polar surface area (TPSA) is 67.4 Å². The summed E-state index contributed by atoms with van der Waals surface area (Å²) in [6.07, 6.45) is 1.53. The molecule has 0 atom stereocenters. The van der Waals surface area contributed by atoms with Gasteiger partial charge in [0.05, 0.1) is 12.2 Å². The number of piperidine rings is 1. The minimum Gasteiger partial charge on any atom is -0.368 e. The number of para-hydroxylation sites is 1. The van der Waals surface area contributed by atoms with Gasteiger partial charge in [0.2, 0.25) is 5.91 Å². The third kappa shape index (κ3) is 5.13. The summed E-state index contributed by atoms with van der Waals surface area (Å²) >= 11 is 5.99. The lowest BCUT2D eigenvalue weighted by Crippen LogP contribution is -2.53. The number of benzene rings is 2. The van der Waals surface area contributed by atoms with Crippen LogP contribution in [0.1, 0.15) is 12.8 Å². The van der Waals surface area contributed by atoms with Crippen molar-refractivity contribution in [3.8, 4) is 0 Å². The molecule has 0 bridgehead atoms. The highest BCUT2D eigenvalue weighted by atomic mass is 35.5. The molecule has 8 nitrogen and oxygen atoms in total. The molecule has 5 rings (SSSR count). The molecule has 3 heterocycles. The zero-order chi connectivity index (χ0) is 24.4. The van der Waals surface area contributed by atoms with Gasteiger partial charge in [0, 0.05) is 56.0 Å². The average molecular weight is 496 g/mol. The second kappa shape index (κ2) is 10.3. The number of imide groups is 1. The van der Waals surface area contributed by atoms with Crippen molar-refractivity contribution in [1.29, 1.82) is 0 Å². The van der Waals surface area contributed by atoms with Crippen LogP contribution in [-0.2, 0) is 9.59 Å². The van der Waals surface area contributed by atoms with Crippen molar-refractivity contribution in [3.63, 3.8) is 0 Å².